The van der Waals surface area contributed by atoms with E-state index in [0.717, 1.165) is 12.8 Å². The SMILES string of the molecule is CCC(N)(CC)CNC(=O)c1cc(NC(=O)NC(C)(C)C)ccc1Cl. The van der Waals surface area contributed by atoms with Crippen molar-refractivity contribution in [2.75, 3.05) is 11.9 Å². The highest BCUT2D eigenvalue weighted by atomic mass is 35.5. The highest BCUT2D eigenvalue weighted by molar-refractivity contribution is 6.34. The minimum Gasteiger partial charge on any atom is -0.350 e. The van der Waals surface area contributed by atoms with E-state index < -0.39 is 5.54 Å². The number of anilines is 1. The predicted octanol–water partition coefficient (Wildman–Crippen LogP) is 3.51. The Kier molecular flexibility index (Phi) is 7.26. The third-order valence-electron chi connectivity index (χ3n) is 3.97. The molecule has 5 N–H and O–H groups in total. The molecule has 140 valence electrons. The molecule has 0 fully saturated rings. The zero-order valence-corrected chi connectivity index (χ0v) is 16.4. The van der Waals surface area contributed by atoms with Crippen LogP contribution in [-0.4, -0.2) is 29.6 Å². The van der Waals surface area contributed by atoms with E-state index in [4.69, 9.17) is 17.3 Å². The Morgan fingerprint density at radius 2 is 1.76 bits per heavy atom. The summed E-state index contributed by atoms with van der Waals surface area (Å²) in [4.78, 5) is 24.4. The molecule has 1 rings (SSSR count). The third kappa shape index (κ3) is 6.92. The van der Waals surface area contributed by atoms with Gasteiger partial charge in [0, 0.05) is 23.3 Å². The summed E-state index contributed by atoms with van der Waals surface area (Å²) < 4.78 is 0. The minimum absolute atomic E-state index is 0.296. The number of benzene rings is 1. The van der Waals surface area contributed by atoms with Crippen LogP contribution in [0.2, 0.25) is 5.02 Å². The van der Waals surface area contributed by atoms with E-state index in [1.165, 1.54) is 0 Å². The summed E-state index contributed by atoms with van der Waals surface area (Å²) in [6.07, 6.45) is 1.51. The van der Waals surface area contributed by atoms with E-state index in [1.807, 2.05) is 34.6 Å². The van der Waals surface area contributed by atoms with Gasteiger partial charge in [-0.1, -0.05) is 25.4 Å². The maximum absolute atomic E-state index is 12.4. The Hall–Kier alpha value is -1.79. The summed E-state index contributed by atoms with van der Waals surface area (Å²) in [7, 11) is 0. The van der Waals surface area contributed by atoms with Crippen molar-refractivity contribution in [3.05, 3.63) is 28.8 Å². The summed E-state index contributed by atoms with van der Waals surface area (Å²) in [6.45, 7) is 9.98. The van der Waals surface area contributed by atoms with Crippen molar-refractivity contribution in [1.29, 1.82) is 0 Å². The Morgan fingerprint density at radius 3 is 2.28 bits per heavy atom. The first-order valence-electron chi connectivity index (χ1n) is 8.45. The van der Waals surface area contributed by atoms with E-state index in [0.29, 0.717) is 22.8 Å². The maximum atomic E-state index is 12.4. The summed E-state index contributed by atoms with van der Waals surface area (Å²) in [6, 6.07) is 4.43. The molecule has 25 heavy (non-hydrogen) atoms. The molecule has 0 saturated heterocycles. The van der Waals surface area contributed by atoms with Crippen molar-refractivity contribution < 1.29 is 9.59 Å². The fourth-order valence-corrected chi connectivity index (χ4v) is 2.33. The van der Waals surface area contributed by atoms with E-state index in [9.17, 15) is 9.59 Å². The molecular weight excluding hydrogens is 340 g/mol. The standard InChI is InChI=1S/C18H29ClN4O2/c1-6-18(20,7-2)11-21-15(24)13-10-12(8-9-14(13)19)22-16(25)23-17(3,4)5/h8-10H,6-7,11,20H2,1-5H3,(H,21,24)(H2,22,23,25). The molecule has 0 saturated carbocycles. The van der Waals surface area contributed by atoms with Crippen LogP contribution >= 0.6 is 11.6 Å². The van der Waals surface area contributed by atoms with Crippen molar-refractivity contribution in [2.45, 2.75) is 58.5 Å². The van der Waals surface area contributed by atoms with Gasteiger partial charge in [0.25, 0.3) is 5.91 Å². The molecule has 0 radical (unpaired) electrons. The average molecular weight is 369 g/mol. The molecule has 1 aromatic rings. The van der Waals surface area contributed by atoms with Crippen molar-refractivity contribution >= 4 is 29.2 Å². The smallest absolute Gasteiger partial charge is 0.319 e. The number of rotatable bonds is 6. The summed E-state index contributed by atoms with van der Waals surface area (Å²) >= 11 is 6.13. The number of urea groups is 1. The Balaban J connectivity index is 2.83. The lowest BCUT2D eigenvalue weighted by Gasteiger charge is -2.27. The Morgan fingerprint density at radius 1 is 1.16 bits per heavy atom. The van der Waals surface area contributed by atoms with Gasteiger partial charge in [-0.2, -0.15) is 0 Å². The number of amides is 3. The zero-order chi connectivity index (χ0) is 19.3. The van der Waals surface area contributed by atoms with Crippen molar-refractivity contribution in [1.82, 2.24) is 10.6 Å². The molecule has 0 atom stereocenters. The fraction of sp³-hybridized carbons (Fsp3) is 0.556. The second-order valence-corrected chi connectivity index (χ2v) is 7.68. The first kappa shape index (κ1) is 21.3. The molecule has 0 aromatic heterocycles. The lowest BCUT2D eigenvalue weighted by molar-refractivity contribution is 0.0942. The number of halogens is 1. The number of hydrogen-bond acceptors (Lipinski definition) is 3. The van der Waals surface area contributed by atoms with Gasteiger partial charge in [-0.05, 0) is 51.8 Å². The number of hydrogen-bond donors (Lipinski definition) is 4. The van der Waals surface area contributed by atoms with Gasteiger partial charge in [0.05, 0.1) is 10.6 Å². The van der Waals surface area contributed by atoms with Crippen LogP contribution < -0.4 is 21.7 Å². The normalized spacial score (nSPS) is 11.8. The predicted molar refractivity (Wildman–Crippen MR) is 103 cm³/mol. The summed E-state index contributed by atoms with van der Waals surface area (Å²) in [5.41, 5.74) is 6.19. The molecule has 0 aliphatic carbocycles. The number of carbonyl (C=O) groups is 2. The summed E-state index contributed by atoms with van der Waals surface area (Å²) in [5, 5.41) is 8.63. The van der Waals surface area contributed by atoms with E-state index >= 15 is 0 Å². The molecule has 0 aliphatic heterocycles. The van der Waals surface area contributed by atoms with Crippen LogP contribution in [0.25, 0.3) is 0 Å². The largest absolute Gasteiger partial charge is 0.350 e. The van der Waals surface area contributed by atoms with Crippen LogP contribution in [0.15, 0.2) is 18.2 Å². The summed E-state index contributed by atoms with van der Waals surface area (Å²) in [5.74, 6) is -0.318. The van der Waals surface area contributed by atoms with E-state index in [-0.39, 0.29) is 17.5 Å². The topological polar surface area (TPSA) is 96.2 Å². The van der Waals surface area contributed by atoms with Crippen LogP contribution in [-0.2, 0) is 0 Å². The highest BCUT2D eigenvalue weighted by Crippen LogP contribution is 2.21. The van der Waals surface area contributed by atoms with Gasteiger partial charge in [0.15, 0.2) is 0 Å². The second-order valence-electron chi connectivity index (χ2n) is 7.28. The molecule has 6 nitrogen and oxygen atoms in total. The molecular formula is C18H29ClN4O2. The lowest BCUT2D eigenvalue weighted by Crippen LogP contribution is -2.49. The molecule has 0 heterocycles. The quantitative estimate of drug-likeness (QED) is 0.618. The molecule has 0 spiro atoms. The number of carbonyl (C=O) groups excluding carboxylic acids is 2. The van der Waals surface area contributed by atoms with Crippen molar-refractivity contribution in [2.24, 2.45) is 5.73 Å². The molecule has 7 heteroatoms. The first-order valence-corrected chi connectivity index (χ1v) is 8.83. The molecule has 0 aliphatic rings. The molecule has 0 unspecified atom stereocenters. The van der Waals surface area contributed by atoms with Gasteiger partial charge in [0.2, 0.25) is 0 Å². The minimum atomic E-state index is -0.440. The van der Waals surface area contributed by atoms with Crippen molar-refractivity contribution in [3.8, 4) is 0 Å². The highest BCUT2D eigenvalue weighted by Gasteiger charge is 2.22. The van der Waals surface area contributed by atoms with Gasteiger partial charge in [-0.15, -0.1) is 0 Å². The molecule has 1 aromatic carbocycles. The first-order chi connectivity index (χ1) is 11.5. The van der Waals surface area contributed by atoms with Gasteiger partial charge in [0.1, 0.15) is 0 Å². The van der Waals surface area contributed by atoms with Crippen LogP contribution in [0.1, 0.15) is 57.8 Å². The Labute approximate surface area is 154 Å². The van der Waals surface area contributed by atoms with E-state index in [1.54, 1.807) is 18.2 Å². The Bertz CT molecular complexity index is 622. The van der Waals surface area contributed by atoms with E-state index in [2.05, 4.69) is 16.0 Å². The third-order valence-corrected chi connectivity index (χ3v) is 4.30. The average Bonchev–Trinajstić information content (AvgIpc) is 2.52. The van der Waals surface area contributed by atoms with Crippen molar-refractivity contribution in [3.63, 3.8) is 0 Å². The van der Waals surface area contributed by atoms with Crippen LogP contribution in [0, 0.1) is 0 Å². The number of nitrogens with two attached hydrogens (primary N) is 1. The maximum Gasteiger partial charge on any atom is 0.319 e. The molecule has 0 bridgehead atoms. The van der Waals surface area contributed by atoms with Crippen LogP contribution in [0.4, 0.5) is 10.5 Å². The van der Waals surface area contributed by atoms with Gasteiger partial charge in [-0.3, -0.25) is 4.79 Å². The lowest BCUT2D eigenvalue weighted by atomic mass is 9.94. The second kappa shape index (κ2) is 8.54. The monoisotopic (exact) mass is 368 g/mol. The molecule has 3 amide bonds. The fourth-order valence-electron chi connectivity index (χ4n) is 2.13. The number of nitrogens with one attached hydrogen (secondary N) is 3. The van der Waals surface area contributed by atoms with Crippen LogP contribution in [0.3, 0.4) is 0 Å². The van der Waals surface area contributed by atoms with Gasteiger partial charge < -0.3 is 21.7 Å². The van der Waals surface area contributed by atoms with Gasteiger partial charge >= 0.3 is 6.03 Å². The van der Waals surface area contributed by atoms with Crippen LogP contribution in [0.5, 0.6) is 0 Å². The zero-order valence-electron chi connectivity index (χ0n) is 15.6. The van der Waals surface area contributed by atoms with Gasteiger partial charge in [-0.25, -0.2) is 4.79 Å².